The van der Waals surface area contributed by atoms with Crippen LogP contribution in [0.4, 0.5) is 5.69 Å². The zero-order valence-corrected chi connectivity index (χ0v) is 12.0. The molecule has 0 bridgehead atoms. The van der Waals surface area contributed by atoms with Crippen LogP contribution in [-0.4, -0.2) is 18.2 Å². The summed E-state index contributed by atoms with van der Waals surface area (Å²) in [5.41, 5.74) is 1.65. The summed E-state index contributed by atoms with van der Waals surface area (Å²) in [6.45, 7) is 4.13. The molecular formula is C13H17N3O2S. The van der Waals surface area contributed by atoms with E-state index in [1.807, 2.05) is 18.2 Å². The van der Waals surface area contributed by atoms with Crippen LogP contribution in [0.3, 0.4) is 0 Å². The van der Waals surface area contributed by atoms with Gasteiger partial charge in [0.2, 0.25) is 0 Å². The van der Waals surface area contributed by atoms with E-state index in [0.29, 0.717) is 11.6 Å². The number of sulfonamides is 1. The number of hydrogen-bond donors (Lipinski definition) is 1. The van der Waals surface area contributed by atoms with Crippen LogP contribution >= 0.6 is 0 Å². The molecule has 0 aliphatic heterocycles. The molecule has 0 aliphatic rings. The second-order valence-electron chi connectivity index (χ2n) is 4.74. The van der Waals surface area contributed by atoms with Crippen molar-refractivity contribution in [1.29, 1.82) is 0 Å². The highest BCUT2D eigenvalue weighted by Crippen LogP contribution is 2.21. The minimum absolute atomic E-state index is 0.157. The third kappa shape index (κ3) is 3.14. The Hall–Kier alpha value is -1.82. The second-order valence-corrected chi connectivity index (χ2v) is 6.42. The number of nitrogens with one attached hydrogen (secondary N) is 1. The third-order valence-corrected chi connectivity index (χ3v) is 4.13. The van der Waals surface area contributed by atoms with Crippen LogP contribution in [0.1, 0.15) is 25.3 Å². The summed E-state index contributed by atoms with van der Waals surface area (Å²) in [5, 5.41) is 3.87. The average Bonchev–Trinajstić information content (AvgIpc) is 2.76. The molecule has 0 amide bonds. The first-order valence-electron chi connectivity index (χ1n) is 6.00. The van der Waals surface area contributed by atoms with Crippen molar-refractivity contribution in [2.24, 2.45) is 7.05 Å². The number of anilines is 1. The van der Waals surface area contributed by atoms with Crippen LogP contribution in [0.15, 0.2) is 41.6 Å². The molecule has 2 aromatic rings. The molecule has 1 aromatic carbocycles. The molecule has 1 aromatic heterocycles. The van der Waals surface area contributed by atoms with Gasteiger partial charge >= 0.3 is 0 Å². The van der Waals surface area contributed by atoms with E-state index >= 15 is 0 Å². The maximum absolute atomic E-state index is 12.1. The SMILES string of the molecule is CC(C)c1cccc(NS(=O)(=O)c2cnn(C)c2)c1. The van der Waals surface area contributed by atoms with Gasteiger partial charge in [0.15, 0.2) is 0 Å². The Morgan fingerprint density at radius 2 is 2.05 bits per heavy atom. The van der Waals surface area contributed by atoms with E-state index in [0.717, 1.165) is 5.56 Å². The molecular weight excluding hydrogens is 262 g/mol. The lowest BCUT2D eigenvalue weighted by atomic mass is 10.0. The first-order chi connectivity index (χ1) is 8.88. The number of aromatic nitrogens is 2. The number of hydrogen-bond acceptors (Lipinski definition) is 3. The van der Waals surface area contributed by atoms with E-state index in [-0.39, 0.29) is 4.90 Å². The minimum Gasteiger partial charge on any atom is -0.280 e. The summed E-state index contributed by atoms with van der Waals surface area (Å²) in [7, 11) is -1.89. The monoisotopic (exact) mass is 279 g/mol. The normalized spacial score (nSPS) is 11.8. The quantitative estimate of drug-likeness (QED) is 0.934. The van der Waals surface area contributed by atoms with Gasteiger partial charge in [0.1, 0.15) is 4.90 Å². The van der Waals surface area contributed by atoms with Gasteiger partial charge in [0.25, 0.3) is 10.0 Å². The number of rotatable bonds is 4. The van der Waals surface area contributed by atoms with E-state index in [1.165, 1.54) is 17.1 Å². The van der Waals surface area contributed by atoms with Gasteiger partial charge in [-0.3, -0.25) is 9.40 Å². The lowest BCUT2D eigenvalue weighted by Gasteiger charge is -2.10. The van der Waals surface area contributed by atoms with Gasteiger partial charge in [-0.15, -0.1) is 0 Å². The highest BCUT2D eigenvalue weighted by molar-refractivity contribution is 7.92. The van der Waals surface area contributed by atoms with Crippen LogP contribution in [0.25, 0.3) is 0 Å². The first-order valence-corrected chi connectivity index (χ1v) is 7.48. The molecule has 0 aliphatic carbocycles. The molecule has 0 saturated carbocycles. The molecule has 0 radical (unpaired) electrons. The molecule has 5 nitrogen and oxygen atoms in total. The summed E-state index contributed by atoms with van der Waals surface area (Å²) < 4.78 is 28.3. The largest absolute Gasteiger partial charge is 0.280 e. The maximum atomic E-state index is 12.1. The smallest absolute Gasteiger partial charge is 0.265 e. The Morgan fingerprint density at radius 3 is 2.63 bits per heavy atom. The molecule has 2 rings (SSSR count). The van der Waals surface area contributed by atoms with Crippen LogP contribution in [0.5, 0.6) is 0 Å². The van der Waals surface area contributed by atoms with Gasteiger partial charge in [0, 0.05) is 18.9 Å². The van der Waals surface area contributed by atoms with Crippen molar-refractivity contribution in [3.05, 3.63) is 42.2 Å². The van der Waals surface area contributed by atoms with E-state index in [2.05, 4.69) is 23.7 Å². The lowest BCUT2D eigenvalue weighted by molar-refractivity contribution is 0.601. The predicted octanol–water partition coefficient (Wildman–Crippen LogP) is 2.34. The maximum Gasteiger partial charge on any atom is 0.265 e. The topological polar surface area (TPSA) is 64.0 Å². The molecule has 6 heteroatoms. The van der Waals surface area contributed by atoms with Crippen molar-refractivity contribution in [3.8, 4) is 0 Å². The summed E-state index contributed by atoms with van der Waals surface area (Å²) in [6, 6.07) is 7.40. The Morgan fingerprint density at radius 1 is 1.32 bits per heavy atom. The van der Waals surface area contributed by atoms with Crippen LogP contribution in [0, 0.1) is 0 Å². The Balaban J connectivity index is 2.28. The van der Waals surface area contributed by atoms with Gasteiger partial charge in [-0.05, 0) is 23.6 Å². The Bertz CT molecular complexity index is 675. The molecule has 102 valence electrons. The third-order valence-electron chi connectivity index (χ3n) is 2.80. The van der Waals surface area contributed by atoms with Crippen LogP contribution in [0.2, 0.25) is 0 Å². The molecule has 19 heavy (non-hydrogen) atoms. The van der Waals surface area contributed by atoms with Crippen molar-refractivity contribution < 1.29 is 8.42 Å². The molecule has 0 fully saturated rings. The van der Waals surface area contributed by atoms with Crippen molar-refractivity contribution >= 4 is 15.7 Å². The van der Waals surface area contributed by atoms with E-state index in [1.54, 1.807) is 13.1 Å². The van der Waals surface area contributed by atoms with Gasteiger partial charge < -0.3 is 0 Å². The zero-order valence-electron chi connectivity index (χ0n) is 11.2. The molecule has 0 unspecified atom stereocenters. The molecule has 0 atom stereocenters. The Labute approximate surface area is 113 Å². The second kappa shape index (κ2) is 5.05. The molecule has 0 spiro atoms. The lowest BCUT2D eigenvalue weighted by Crippen LogP contribution is -2.12. The molecule has 1 heterocycles. The standard InChI is InChI=1S/C13H17N3O2S/c1-10(2)11-5-4-6-12(7-11)15-19(17,18)13-8-14-16(3)9-13/h4-10,15H,1-3H3. The van der Waals surface area contributed by atoms with Gasteiger partial charge in [-0.1, -0.05) is 26.0 Å². The van der Waals surface area contributed by atoms with Gasteiger partial charge in [0.05, 0.1) is 6.20 Å². The fourth-order valence-electron chi connectivity index (χ4n) is 1.71. The highest BCUT2D eigenvalue weighted by Gasteiger charge is 2.16. The predicted molar refractivity (Wildman–Crippen MR) is 74.5 cm³/mol. The molecule has 1 N–H and O–H groups in total. The van der Waals surface area contributed by atoms with Crippen LogP contribution in [-0.2, 0) is 17.1 Å². The summed E-state index contributed by atoms with van der Waals surface area (Å²) in [4.78, 5) is 0.157. The minimum atomic E-state index is -3.57. The summed E-state index contributed by atoms with van der Waals surface area (Å²) in [6.07, 6.45) is 2.79. The van der Waals surface area contributed by atoms with E-state index in [9.17, 15) is 8.42 Å². The molecule has 0 saturated heterocycles. The van der Waals surface area contributed by atoms with Crippen molar-refractivity contribution in [1.82, 2.24) is 9.78 Å². The summed E-state index contributed by atoms with van der Waals surface area (Å²) >= 11 is 0. The highest BCUT2D eigenvalue weighted by atomic mass is 32.2. The summed E-state index contributed by atoms with van der Waals surface area (Å²) in [5.74, 6) is 0.350. The Kier molecular flexibility index (Phi) is 3.61. The first kappa shape index (κ1) is 13.6. The zero-order chi connectivity index (χ0) is 14.0. The van der Waals surface area contributed by atoms with Crippen LogP contribution < -0.4 is 4.72 Å². The van der Waals surface area contributed by atoms with Crippen molar-refractivity contribution in [3.63, 3.8) is 0 Å². The fraction of sp³-hybridized carbons (Fsp3) is 0.308. The number of benzene rings is 1. The van der Waals surface area contributed by atoms with Gasteiger partial charge in [-0.25, -0.2) is 8.42 Å². The van der Waals surface area contributed by atoms with E-state index in [4.69, 9.17) is 0 Å². The van der Waals surface area contributed by atoms with E-state index < -0.39 is 10.0 Å². The number of nitrogens with zero attached hydrogens (tertiary/aromatic N) is 2. The average molecular weight is 279 g/mol. The van der Waals surface area contributed by atoms with Crippen molar-refractivity contribution in [2.75, 3.05) is 4.72 Å². The van der Waals surface area contributed by atoms with Crippen molar-refractivity contribution in [2.45, 2.75) is 24.7 Å². The fourth-order valence-corrected chi connectivity index (χ4v) is 2.75. The van der Waals surface area contributed by atoms with Gasteiger partial charge in [-0.2, -0.15) is 5.10 Å². The number of aryl methyl sites for hydroxylation is 1.